The minimum atomic E-state index is -4.79. The Labute approximate surface area is 165 Å². The van der Waals surface area contributed by atoms with Gasteiger partial charge >= 0.3 is 6.18 Å². The first-order valence-electron chi connectivity index (χ1n) is 7.89. The topological polar surface area (TPSA) is 66.5 Å². The Kier molecular flexibility index (Phi) is 6.73. The number of halogens is 4. The number of benzene rings is 2. The van der Waals surface area contributed by atoms with Crippen molar-refractivity contribution in [2.75, 3.05) is 17.4 Å². The Morgan fingerprint density at radius 1 is 1.18 bits per heavy atom. The number of carbonyl (C=O) groups excluding carboxylic acids is 1. The van der Waals surface area contributed by atoms with Crippen molar-refractivity contribution in [3.63, 3.8) is 0 Å². The van der Waals surface area contributed by atoms with Crippen LogP contribution in [0.5, 0.6) is 0 Å². The van der Waals surface area contributed by atoms with Gasteiger partial charge in [-0.05, 0) is 30.3 Å². The van der Waals surface area contributed by atoms with Crippen LogP contribution < -0.4 is 9.62 Å². The third-order valence-corrected chi connectivity index (χ3v) is 5.72. The zero-order valence-electron chi connectivity index (χ0n) is 14.4. The van der Waals surface area contributed by atoms with Crippen molar-refractivity contribution < 1.29 is 26.4 Å². The molecule has 0 fully saturated rings. The van der Waals surface area contributed by atoms with Gasteiger partial charge in [-0.2, -0.15) is 13.2 Å². The van der Waals surface area contributed by atoms with E-state index in [2.05, 4.69) is 11.9 Å². The van der Waals surface area contributed by atoms with E-state index in [1.54, 1.807) is 6.07 Å². The van der Waals surface area contributed by atoms with E-state index >= 15 is 0 Å². The predicted octanol–water partition coefficient (Wildman–Crippen LogP) is 3.86. The summed E-state index contributed by atoms with van der Waals surface area (Å²) in [5.41, 5.74) is -1.54. The standard InChI is InChI=1S/C18H16ClF3N2O3S/c1-2-10-23-17(25)12-24(28(26,27)14-6-4-3-5-7-14)13-8-9-16(19)15(11-13)18(20,21)22/h2-9,11H,1,10,12H2,(H,23,25). The van der Waals surface area contributed by atoms with Crippen LogP contribution in [0.2, 0.25) is 5.02 Å². The van der Waals surface area contributed by atoms with Gasteiger partial charge in [0.05, 0.1) is 21.2 Å². The Morgan fingerprint density at radius 3 is 2.39 bits per heavy atom. The van der Waals surface area contributed by atoms with E-state index in [-0.39, 0.29) is 17.1 Å². The summed E-state index contributed by atoms with van der Waals surface area (Å²) in [5.74, 6) is -0.706. The molecule has 0 spiro atoms. The maximum absolute atomic E-state index is 13.2. The Bertz CT molecular complexity index is 964. The van der Waals surface area contributed by atoms with Crippen LogP contribution in [0.1, 0.15) is 5.56 Å². The summed E-state index contributed by atoms with van der Waals surface area (Å²) in [6.07, 6.45) is -3.40. The van der Waals surface area contributed by atoms with Gasteiger partial charge in [-0.3, -0.25) is 9.10 Å². The van der Waals surface area contributed by atoms with Crippen LogP contribution in [0.15, 0.2) is 66.1 Å². The summed E-state index contributed by atoms with van der Waals surface area (Å²) in [4.78, 5) is 11.9. The SMILES string of the molecule is C=CCNC(=O)CN(c1ccc(Cl)c(C(F)(F)F)c1)S(=O)(=O)c1ccccc1. The quantitative estimate of drug-likeness (QED) is 0.676. The summed E-state index contributed by atoms with van der Waals surface area (Å²) < 4.78 is 66.2. The molecule has 10 heteroatoms. The molecule has 1 amide bonds. The molecule has 5 nitrogen and oxygen atoms in total. The van der Waals surface area contributed by atoms with Crippen molar-refractivity contribution in [1.82, 2.24) is 5.32 Å². The highest BCUT2D eigenvalue weighted by molar-refractivity contribution is 7.92. The van der Waals surface area contributed by atoms with Crippen LogP contribution >= 0.6 is 11.6 Å². The average molecular weight is 433 g/mol. The van der Waals surface area contributed by atoms with Gasteiger partial charge in [-0.1, -0.05) is 35.9 Å². The van der Waals surface area contributed by atoms with Gasteiger partial charge in [-0.15, -0.1) is 6.58 Å². The molecule has 0 radical (unpaired) electrons. The first kappa shape index (κ1) is 21.8. The molecular formula is C18H16ClF3N2O3S. The maximum atomic E-state index is 13.2. The fourth-order valence-electron chi connectivity index (χ4n) is 2.29. The van der Waals surface area contributed by atoms with Gasteiger partial charge in [0.1, 0.15) is 6.54 Å². The molecule has 0 saturated heterocycles. The molecule has 28 heavy (non-hydrogen) atoms. The molecule has 2 aromatic carbocycles. The first-order chi connectivity index (χ1) is 13.1. The van der Waals surface area contributed by atoms with Crippen molar-refractivity contribution in [2.45, 2.75) is 11.1 Å². The number of alkyl halides is 3. The number of nitrogens with zero attached hydrogens (tertiary/aromatic N) is 1. The summed E-state index contributed by atoms with van der Waals surface area (Å²) in [6, 6.07) is 9.73. The molecular weight excluding hydrogens is 417 g/mol. The highest BCUT2D eigenvalue weighted by Crippen LogP contribution is 2.37. The van der Waals surface area contributed by atoms with Crippen LogP contribution in [0, 0.1) is 0 Å². The van der Waals surface area contributed by atoms with Crippen LogP contribution in [-0.4, -0.2) is 27.4 Å². The normalized spacial score (nSPS) is 11.7. The van der Waals surface area contributed by atoms with Gasteiger partial charge in [0.25, 0.3) is 10.0 Å². The minimum absolute atomic E-state index is 0.0759. The second-order valence-corrected chi connectivity index (χ2v) is 7.85. The van der Waals surface area contributed by atoms with Crippen molar-refractivity contribution in [3.05, 3.63) is 71.8 Å². The third-order valence-electron chi connectivity index (χ3n) is 3.61. The fraction of sp³-hybridized carbons (Fsp3) is 0.167. The highest BCUT2D eigenvalue weighted by atomic mass is 35.5. The second kappa shape index (κ2) is 8.66. The lowest BCUT2D eigenvalue weighted by Crippen LogP contribution is -2.41. The van der Waals surface area contributed by atoms with Crippen molar-refractivity contribution in [1.29, 1.82) is 0 Å². The van der Waals surface area contributed by atoms with Crippen LogP contribution in [0.3, 0.4) is 0 Å². The number of amides is 1. The number of anilines is 1. The van der Waals surface area contributed by atoms with E-state index in [0.29, 0.717) is 10.4 Å². The Balaban J connectivity index is 2.56. The summed E-state index contributed by atoms with van der Waals surface area (Å²) >= 11 is 5.61. The summed E-state index contributed by atoms with van der Waals surface area (Å²) in [7, 11) is -4.31. The zero-order valence-corrected chi connectivity index (χ0v) is 16.0. The molecule has 0 atom stereocenters. The van der Waals surface area contributed by atoms with Crippen molar-refractivity contribution in [2.24, 2.45) is 0 Å². The molecule has 1 N–H and O–H groups in total. The monoisotopic (exact) mass is 432 g/mol. The Hall–Kier alpha value is -2.52. The van der Waals surface area contributed by atoms with E-state index in [1.807, 2.05) is 0 Å². The molecule has 0 aliphatic carbocycles. The molecule has 0 saturated carbocycles. The van der Waals surface area contributed by atoms with E-state index < -0.39 is 39.2 Å². The number of hydrogen-bond acceptors (Lipinski definition) is 3. The molecule has 0 aliphatic heterocycles. The Morgan fingerprint density at radius 2 is 1.82 bits per heavy atom. The lowest BCUT2D eigenvalue weighted by atomic mass is 10.2. The van der Waals surface area contributed by atoms with E-state index in [0.717, 1.165) is 12.1 Å². The van der Waals surface area contributed by atoms with Gasteiger partial charge in [-0.25, -0.2) is 8.42 Å². The fourth-order valence-corrected chi connectivity index (χ4v) is 3.95. The lowest BCUT2D eigenvalue weighted by molar-refractivity contribution is -0.137. The predicted molar refractivity (Wildman–Crippen MR) is 101 cm³/mol. The average Bonchev–Trinajstić information content (AvgIpc) is 2.64. The maximum Gasteiger partial charge on any atom is 0.417 e. The van der Waals surface area contributed by atoms with Crippen molar-refractivity contribution in [3.8, 4) is 0 Å². The smallest absolute Gasteiger partial charge is 0.351 e. The zero-order chi connectivity index (χ0) is 20.9. The summed E-state index contributed by atoms with van der Waals surface area (Å²) in [6.45, 7) is 2.79. The van der Waals surface area contributed by atoms with Gasteiger partial charge in [0, 0.05) is 6.54 Å². The molecule has 2 aromatic rings. The first-order valence-corrected chi connectivity index (χ1v) is 9.71. The molecule has 0 aliphatic rings. The molecule has 150 valence electrons. The highest BCUT2D eigenvalue weighted by Gasteiger charge is 2.35. The molecule has 2 rings (SSSR count). The van der Waals surface area contributed by atoms with Crippen molar-refractivity contribution >= 4 is 33.2 Å². The molecule has 0 heterocycles. The molecule has 0 unspecified atom stereocenters. The largest absolute Gasteiger partial charge is 0.417 e. The van der Waals surface area contributed by atoms with E-state index in [9.17, 15) is 26.4 Å². The van der Waals surface area contributed by atoms with Gasteiger partial charge in [0.2, 0.25) is 5.91 Å². The number of carbonyl (C=O) groups is 1. The third kappa shape index (κ3) is 5.05. The lowest BCUT2D eigenvalue weighted by Gasteiger charge is -2.25. The van der Waals surface area contributed by atoms with Gasteiger partial charge < -0.3 is 5.32 Å². The minimum Gasteiger partial charge on any atom is -0.351 e. The number of rotatable bonds is 7. The molecule has 0 aromatic heterocycles. The molecule has 0 bridgehead atoms. The van der Waals surface area contributed by atoms with Gasteiger partial charge in [0.15, 0.2) is 0 Å². The number of hydrogen-bond donors (Lipinski definition) is 1. The van der Waals surface area contributed by atoms with E-state index in [1.165, 1.54) is 30.3 Å². The van der Waals surface area contributed by atoms with Crippen LogP contribution in [0.4, 0.5) is 18.9 Å². The van der Waals surface area contributed by atoms with Crippen LogP contribution in [0.25, 0.3) is 0 Å². The summed E-state index contributed by atoms with van der Waals surface area (Å²) in [5, 5.41) is 1.82. The number of sulfonamides is 1. The number of nitrogens with one attached hydrogen (secondary N) is 1. The second-order valence-electron chi connectivity index (χ2n) is 5.58. The van der Waals surface area contributed by atoms with Crippen LogP contribution in [-0.2, 0) is 21.0 Å². The van der Waals surface area contributed by atoms with E-state index in [4.69, 9.17) is 11.6 Å².